The van der Waals surface area contributed by atoms with E-state index in [2.05, 4.69) is 74.3 Å². The molecule has 7 heteroatoms. The van der Waals surface area contributed by atoms with Crippen molar-refractivity contribution in [2.24, 2.45) is 0 Å². The van der Waals surface area contributed by atoms with Gasteiger partial charge in [-0.1, -0.05) is 114 Å². The average Bonchev–Trinajstić information content (AvgIpc) is 2.87. The Hall–Kier alpha value is -0.860. The van der Waals surface area contributed by atoms with Gasteiger partial charge in [-0.2, -0.15) is 0 Å². The molecule has 0 fully saturated rings. The van der Waals surface area contributed by atoms with Crippen molar-refractivity contribution in [1.82, 2.24) is 0 Å². The van der Waals surface area contributed by atoms with Gasteiger partial charge in [-0.15, -0.1) is 11.5 Å². The molecule has 0 atom stereocenters. The monoisotopic (exact) mass is 574 g/mol. The second kappa shape index (κ2) is 26.1. The van der Waals surface area contributed by atoms with Crippen molar-refractivity contribution in [1.29, 1.82) is 0 Å². The van der Waals surface area contributed by atoms with Gasteiger partial charge in [0, 0.05) is 28.4 Å². The largest absolute Gasteiger partial charge is 2.00 e. The number of para-hydroxylation sites is 2. The number of methoxy groups -OCH3 is 4. The first kappa shape index (κ1) is 42.6. The minimum atomic E-state index is 0. The predicted octanol–water partition coefficient (Wildman–Crippen LogP) is 6.19. The Balaban J connectivity index is -0.000000469. The van der Waals surface area contributed by atoms with E-state index in [0.29, 0.717) is 50.1 Å². The zero-order valence-corrected chi connectivity index (χ0v) is 29.0. The van der Waals surface area contributed by atoms with Crippen LogP contribution in [0.4, 0.5) is 0 Å². The number of hydrogen-bond acceptors (Lipinski definition) is 6. The van der Waals surface area contributed by atoms with E-state index in [-0.39, 0.29) is 49.2 Å². The first-order valence-electron chi connectivity index (χ1n) is 13.5. The Kier molecular flexibility index (Phi) is 28.5. The van der Waals surface area contributed by atoms with E-state index in [0.717, 1.165) is 22.3 Å². The van der Waals surface area contributed by atoms with Crippen molar-refractivity contribution < 1.29 is 29.2 Å². The quantitative estimate of drug-likeness (QED) is 0.249. The minimum Gasteiger partial charge on any atom is -0.872 e. The maximum absolute atomic E-state index is 11.9. The molecule has 0 amide bonds. The zero-order chi connectivity index (χ0) is 29.7. The summed E-state index contributed by atoms with van der Waals surface area (Å²) < 4.78 is 18.6. The third kappa shape index (κ3) is 19.0. The van der Waals surface area contributed by atoms with Gasteiger partial charge in [0.15, 0.2) is 0 Å². The third-order valence-corrected chi connectivity index (χ3v) is 5.62. The molecule has 0 spiro atoms. The Morgan fingerprint density at radius 3 is 0.769 bits per heavy atom. The fraction of sp³-hybridized carbons (Fsp3) is 0.625. The Labute approximate surface area is 269 Å². The number of benzene rings is 2. The molecule has 0 saturated heterocycles. The topological polar surface area (TPSA) is 83.0 Å². The van der Waals surface area contributed by atoms with E-state index in [1.807, 2.05) is 36.4 Å². The van der Waals surface area contributed by atoms with E-state index in [4.69, 9.17) is 0 Å². The van der Waals surface area contributed by atoms with E-state index in [9.17, 15) is 10.2 Å². The molecule has 0 aliphatic rings. The summed E-state index contributed by atoms with van der Waals surface area (Å²) in [5.41, 5.74) is 3.75. The fourth-order valence-electron chi connectivity index (χ4n) is 3.30. The van der Waals surface area contributed by atoms with Gasteiger partial charge in [0.1, 0.15) is 0 Å². The van der Waals surface area contributed by atoms with E-state index < -0.39 is 0 Å². The molecule has 6 nitrogen and oxygen atoms in total. The molecule has 0 aliphatic heterocycles. The molecule has 0 unspecified atom stereocenters. The van der Waals surface area contributed by atoms with Crippen molar-refractivity contribution in [2.75, 3.05) is 54.9 Å². The molecular weight excluding hydrogens is 520 g/mol. The van der Waals surface area contributed by atoms with Crippen molar-refractivity contribution >= 4 is 37.7 Å². The molecule has 0 aromatic heterocycles. The first-order chi connectivity index (χ1) is 17.9. The smallest absolute Gasteiger partial charge is 0.872 e. The second-order valence-corrected chi connectivity index (χ2v) is 10.1. The fourth-order valence-corrected chi connectivity index (χ4v) is 3.30. The molecular formula is C32H54CaO6. The van der Waals surface area contributed by atoms with Crippen LogP contribution in [-0.2, 0) is 18.9 Å². The maximum Gasteiger partial charge on any atom is 2.00 e. The van der Waals surface area contributed by atoms with Gasteiger partial charge in [-0.25, -0.2) is 0 Å². The van der Waals surface area contributed by atoms with Crippen molar-refractivity contribution in [3.8, 4) is 11.5 Å². The van der Waals surface area contributed by atoms with Crippen molar-refractivity contribution in [2.45, 2.75) is 79.1 Å². The SMILES string of the molecule is CC(C)c1cccc(C(C)C)c1[O-].CC(C)c1cccc(C(C)C)c1[O-].COCCOC.COCCOC.[Ca+2]. The second-order valence-electron chi connectivity index (χ2n) is 10.1. The van der Waals surface area contributed by atoms with Crippen LogP contribution in [-0.4, -0.2) is 92.6 Å². The maximum atomic E-state index is 11.9. The molecule has 0 saturated carbocycles. The first-order valence-corrected chi connectivity index (χ1v) is 13.5. The minimum absolute atomic E-state index is 0. The van der Waals surface area contributed by atoms with Gasteiger partial charge in [-0.05, 0) is 23.7 Å². The summed E-state index contributed by atoms with van der Waals surface area (Å²) in [7, 11) is 6.61. The summed E-state index contributed by atoms with van der Waals surface area (Å²) in [6.45, 7) is 19.2. The number of ether oxygens (including phenoxy) is 4. The molecule has 0 aliphatic carbocycles. The van der Waals surface area contributed by atoms with Crippen LogP contribution < -0.4 is 10.2 Å². The normalized spacial score (nSPS) is 10.3. The van der Waals surface area contributed by atoms with Gasteiger partial charge >= 0.3 is 37.7 Å². The zero-order valence-electron chi connectivity index (χ0n) is 26.8. The molecule has 2 aromatic rings. The summed E-state index contributed by atoms with van der Waals surface area (Å²) in [5, 5.41) is 23.7. The number of rotatable bonds is 10. The van der Waals surface area contributed by atoms with Crippen LogP contribution in [0.5, 0.6) is 11.5 Å². The summed E-state index contributed by atoms with van der Waals surface area (Å²) in [6, 6.07) is 11.7. The standard InChI is InChI=1S/2C12H18O.2C4H10O2.Ca/c2*1-8(2)10-6-5-7-11(9(3)4)12(10)13;2*1-5-3-4-6-2;/h2*5-9,13H,1-4H3;2*3-4H2,1-2H3;/q;;;;+2/p-2. The molecule has 2 aromatic carbocycles. The molecule has 2 rings (SSSR count). The van der Waals surface area contributed by atoms with Crippen LogP contribution in [0.15, 0.2) is 36.4 Å². The molecule has 39 heavy (non-hydrogen) atoms. The van der Waals surface area contributed by atoms with Crippen LogP contribution in [0.25, 0.3) is 0 Å². The van der Waals surface area contributed by atoms with Gasteiger partial charge in [-0.3, -0.25) is 0 Å². The van der Waals surface area contributed by atoms with E-state index >= 15 is 0 Å². The molecule has 220 valence electrons. The van der Waals surface area contributed by atoms with Gasteiger partial charge in [0.25, 0.3) is 0 Å². The Bertz CT molecular complexity index is 707. The molecule has 0 heterocycles. The van der Waals surface area contributed by atoms with Crippen molar-refractivity contribution in [3.63, 3.8) is 0 Å². The predicted molar refractivity (Wildman–Crippen MR) is 161 cm³/mol. The number of hydrogen-bond donors (Lipinski definition) is 0. The van der Waals surface area contributed by atoms with Crippen LogP contribution in [0.3, 0.4) is 0 Å². The molecule has 0 N–H and O–H groups in total. The summed E-state index contributed by atoms with van der Waals surface area (Å²) in [6.07, 6.45) is 0. The third-order valence-electron chi connectivity index (χ3n) is 5.62. The van der Waals surface area contributed by atoms with Gasteiger partial charge in [0.2, 0.25) is 0 Å². The molecule has 0 radical (unpaired) electrons. The van der Waals surface area contributed by atoms with Crippen LogP contribution in [0.2, 0.25) is 0 Å². The van der Waals surface area contributed by atoms with E-state index in [1.165, 1.54) is 0 Å². The Morgan fingerprint density at radius 2 is 0.641 bits per heavy atom. The van der Waals surface area contributed by atoms with E-state index in [1.54, 1.807) is 28.4 Å². The average molecular weight is 575 g/mol. The van der Waals surface area contributed by atoms with Crippen LogP contribution in [0, 0.1) is 0 Å². The summed E-state index contributed by atoms with van der Waals surface area (Å²) >= 11 is 0. The summed E-state index contributed by atoms with van der Waals surface area (Å²) in [4.78, 5) is 0. The van der Waals surface area contributed by atoms with Crippen molar-refractivity contribution in [3.05, 3.63) is 58.7 Å². The summed E-state index contributed by atoms with van der Waals surface area (Å²) in [5.74, 6) is 1.76. The van der Waals surface area contributed by atoms with Gasteiger partial charge in [0.05, 0.1) is 26.4 Å². The Morgan fingerprint density at radius 1 is 0.462 bits per heavy atom. The molecule has 0 bridgehead atoms. The van der Waals surface area contributed by atoms with Crippen LogP contribution in [0.1, 0.15) is 101 Å². The van der Waals surface area contributed by atoms with Crippen LogP contribution >= 0.6 is 0 Å². The van der Waals surface area contributed by atoms with Gasteiger partial charge < -0.3 is 29.2 Å².